The molecule has 1 aromatic carbocycles. The van der Waals surface area contributed by atoms with E-state index in [1.54, 1.807) is 11.3 Å². The first-order valence-electron chi connectivity index (χ1n) is 3.34. The lowest BCUT2D eigenvalue weighted by atomic mass is 10.2. The molecule has 4 heteroatoms. The number of anilines is 1. The highest BCUT2D eigenvalue weighted by molar-refractivity contribution is 9.10. The van der Waals surface area contributed by atoms with Gasteiger partial charge in [-0.1, -0.05) is 0 Å². The first-order chi connectivity index (χ1) is 5.70. The number of rotatable bonds is 0. The minimum absolute atomic E-state index is 0.791. The van der Waals surface area contributed by atoms with Crippen molar-refractivity contribution in [2.75, 3.05) is 5.73 Å². The molecule has 0 aliphatic rings. The number of thiophene rings is 1. The summed E-state index contributed by atoms with van der Waals surface area (Å²) in [6, 6.07) is 3.88. The molecular formula is C8H6BrNS2. The smallest absolute Gasteiger partial charge is 0.0516 e. The second-order valence-corrected chi connectivity index (χ2v) is 4.65. The van der Waals surface area contributed by atoms with Crippen molar-refractivity contribution >= 4 is 55.7 Å². The Morgan fingerprint density at radius 1 is 1.50 bits per heavy atom. The van der Waals surface area contributed by atoms with Gasteiger partial charge in [0, 0.05) is 20.4 Å². The summed E-state index contributed by atoms with van der Waals surface area (Å²) in [6.07, 6.45) is 0. The fourth-order valence-electron chi connectivity index (χ4n) is 1.11. The lowest BCUT2D eigenvalue weighted by Crippen LogP contribution is -1.85. The van der Waals surface area contributed by atoms with Gasteiger partial charge in [-0.3, -0.25) is 0 Å². The second-order valence-electron chi connectivity index (χ2n) is 2.46. The van der Waals surface area contributed by atoms with Crippen molar-refractivity contribution in [3.05, 3.63) is 22.0 Å². The van der Waals surface area contributed by atoms with Gasteiger partial charge in [-0.25, -0.2) is 0 Å². The zero-order chi connectivity index (χ0) is 8.72. The monoisotopic (exact) mass is 259 g/mol. The molecule has 0 radical (unpaired) electrons. The quantitative estimate of drug-likeness (QED) is 0.550. The zero-order valence-electron chi connectivity index (χ0n) is 6.04. The van der Waals surface area contributed by atoms with Crippen LogP contribution in [0, 0.1) is 0 Å². The fourth-order valence-corrected chi connectivity index (χ4v) is 2.91. The van der Waals surface area contributed by atoms with Crippen LogP contribution in [0.4, 0.5) is 5.69 Å². The molecule has 0 atom stereocenters. The van der Waals surface area contributed by atoms with Gasteiger partial charge in [-0.2, -0.15) is 0 Å². The van der Waals surface area contributed by atoms with Gasteiger partial charge in [-0.05, 0) is 33.4 Å². The van der Waals surface area contributed by atoms with E-state index in [0.717, 1.165) is 20.4 Å². The molecule has 1 heterocycles. The van der Waals surface area contributed by atoms with E-state index in [1.807, 2.05) is 17.5 Å². The summed E-state index contributed by atoms with van der Waals surface area (Å²) in [5.74, 6) is 0. The van der Waals surface area contributed by atoms with Gasteiger partial charge in [0.25, 0.3) is 0 Å². The van der Waals surface area contributed by atoms with Crippen LogP contribution >= 0.6 is 39.9 Å². The predicted molar refractivity (Wildman–Crippen MR) is 61.2 cm³/mol. The number of thiol groups is 1. The Morgan fingerprint density at radius 2 is 2.25 bits per heavy atom. The molecule has 0 fully saturated rings. The average molecular weight is 260 g/mol. The van der Waals surface area contributed by atoms with Crippen molar-refractivity contribution in [2.45, 2.75) is 4.90 Å². The van der Waals surface area contributed by atoms with E-state index in [-0.39, 0.29) is 0 Å². The van der Waals surface area contributed by atoms with Gasteiger partial charge in [-0.15, -0.1) is 24.0 Å². The molecule has 0 unspecified atom stereocenters. The molecule has 12 heavy (non-hydrogen) atoms. The summed E-state index contributed by atoms with van der Waals surface area (Å²) in [4.78, 5) is 0.891. The average Bonchev–Trinajstić information content (AvgIpc) is 2.48. The number of fused-ring (bicyclic) bond motifs is 1. The molecule has 0 amide bonds. The van der Waals surface area contributed by atoms with Crippen molar-refractivity contribution in [1.82, 2.24) is 0 Å². The van der Waals surface area contributed by atoms with E-state index in [9.17, 15) is 0 Å². The standard InChI is InChI=1S/C8H6BrNS2/c9-7-6(11)3-5(10)4-1-2-12-8(4)7/h1-3,11H,10H2. The summed E-state index contributed by atoms with van der Waals surface area (Å²) in [5, 5.41) is 3.13. The lowest BCUT2D eigenvalue weighted by Gasteiger charge is -2.01. The molecule has 2 rings (SSSR count). The third-order valence-corrected chi connectivity index (χ3v) is 4.37. The van der Waals surface area contributed by atoms with Gasteiger partial charge in [0.05, 0.1) is 4.70 Å². The third-order valence-electron chi connectivity index (χ3n) is 1.69. The summed E-state index contributed by atoms with van der Waals surface area (Å²) in [7, 11) is 0. The van der Waals surface area contributed by atoms with Crippen LogP contribution in [0.25, 0.3) is 10.1 Å². The Balaban J connectivity index is 2.97. The number of benzene rings is 1. The highest BCUT2D eigenvalue weighted by Crippen LogP contribution is 2.37. The molecule has 0 saturated carbocycles. The third kappa shape index (κ3) is 1.14. The van der Waals surface area contributed by atoms with Crippen molar-refractivity contribution in [3.8, 4) is 0 Å². The van der Waals surface area contributed by atoms with E-state index < -0.39 is 0 Å². The maximum atomic E-state index is 5.81. The maximum absolute atomic E-state index is 5.81. The largest absolute Gasteiger partial charge is 0.398 e. The summed E-state index contributed by atoms with van der Waals surface area (Å²) in [5.41, 5.74) is 6.60. The number of nitrogens with two attached hydrogens (primary N) is 1. The molecule has 0 spiro atoms. The maximum Gasteiger partial charge on any atom is 0.0516 e. The Hall–Kier alpha value is -0.190. The van der Waals surface area contributed by atoms with Crippen LogP contribution in [0.3, 0.4) is 0 Å². The summed E-state index contributed by atoms with van der Waals surface area (Å²) in [6.45, 7) is 0. The van der Waals surface area contributed by atoms with E-state index in [2.05, 4.69) is 28.6 Å². The Labute approximate surface area is 88.1 Å². The number of nitrogen functional groups attached to an aromatic ring is 1. The zero-order valence-corrected chi connectivity index (χ0v) is 9.34. The predicted octanol–water partition coefficient (Wildman–Crippen LogP) is 3.53. The molecule has 2 aromatic rings. The number of halogens is 1. The van der Waals surface area contributed by atoms with Crippen LogP contribution in [0.15, 0.2) is 26.9 Å². The molecule has 62 valence electrons. The van der Waals surface area contributed by atoms with E-state index >= 15 is 0 Å². The first kappa shape index (κ1) is 8.41. The molecule has 2 N–H and O–H groups in total. The first-order valence-corrected chi connectivity index (χ1v) is 5.46. The normalized spacial score (nSPS) is 10.8. The van der Waals surface area contributed by atoms with E-state index in [0.29, 0.717) is 0 Å². The number of hydrogen-bond donors (Lipinski definition) is 2. The molecule has 0 aliphatic heterocycles. The highest BCUT2D eigenvalue weighted by Gasteiger charge is 2.06. The van der Waals surface area contributed by atoms with Gasteiger partial charge in [0.15, 0.2) is 0 Å². The van der Waals surface area contributed by atoms with Crippen LogP contribution in [-0.2, 0) is 0 Å². The van der Waals surface area contributed by atoms with Crippen LogP contribution in [-0.4, -0.2) is 0 Å². The van der Waals surface area contributed by atoms with Crippen LogP contribution in [0.1, 0.15) is 0 Å². The van der Waals surface area contributed by atoms with Crippen molar-refractivity contribution in [2.24, 2.45) is 0 Å². The van der Waals surface area contributed by atoms with E-state index in [1.165, 1.54) is 4.70 Å². The SMILES string of the molecule is Nc1cc(S)c(Br)c2sccc12. The van der Waals surface area contributed by atoms with Crippen LogP contribution in [0.2, 0.25) is 0 Å². The van der Waals surface area contributed by atoms with Crippen molar-refractivity contribution in [3.63, 3.8) is 0 Å². The minimum atomic E-state index is 0.791. The Kier molecular flexibility index (Phi) is 2.06. The number of hydrogen-bond acceptors (Lipinski definition) is 3. The second kappa shape index (κ2) is 2.94. The van der Waals surface area contributed by atoms with Gasteiger partial charge >= 0.3 is 0 Å². The van der Waals surface area contributed by atoms with Crippen LogP contribution in [0.5, 0.6) is 0 Å². The fraction of sp³-hybridized carbons (Fsp3) is 0. The molecule has 1 nitrogen and oxygen atoms in total. The topological polar surface area (TPSA) is 26.0 Å². The highest BCUT2D eigenvalue weighted by atomic mass is 79.9. The molecule has 0 saturated heterocycles. The molecular weight excluding hydrogens is 254 g/mol. The van der Waals surface area contributed by atoms with Crippen LogP contribution < -0.4 is 5.73 Å². The molecule has 0 aliphatic carbocycles. The van der Waals surface area contributed by atoms with Gasteiger partial charge < -0.3 is 5.73 Å². The van der Waals surface area contributed by atoms with E-state index in [4.69, 9.17) is 5.73 Å². The Morgan fingerprint density at radius 3 is 3.00 bits per heavy atom. The molecule has 0 bridgehead atoms. The molecule has 1 aromatic heterocycles. The van der Waals surface area contributed by atoms with Gasteiger partial charge in [0.1, 0.15) is 0 Å². The van der Waals surface area contributed by atoms with Crippen molar-refractivity contribution in [1.29, 1.82) is 0 Å². The van der Waals surface area contributed by atoms with Crippen molar-refractivity contribution < 1.29 is 0 Å². The van der Waals surface area contributed by atoms with Gasteiger partial charge in [0.2, 0.25) is 0 Å². The summed E-state index contributed by atoms with van der Waals surface area (Å²) >= 11 is 9.44. The summed E-state index contributed by atoms with van der Waals surface area (Å²) < 4.78 is 2.20. The Bertz CT molecular complexity index is 436. The lowest BCUT2D eigenvalue weighted by molar-refractivity contribution is 1.49. The minimum Gasteiger partial charge on any atom is -0.398 e.